The minimum Gasteiger partial charge on any atom is -0.361 e. The quantitative estimate of drug-likeness (QED) is 0.506. The Morgan fingerprint density at radius 2 is 1.57 bits per heavy atom. The van der Waals surface area contributed by atoms with Crippen LogP contribution in [0.1, 0.15) is 33.3 Å². The van der Waals surface area contributed by atoms with Crippen molar-refractivity contribution in [2.75, 3.05) is 5.32 Å². The van der Waals surface area contributed by atoms with Crippen LogP contribution in [-0.4, -0.2) is 16.7 Å². The van der Waals surface area contributed by atoms with E-state index in [0.29, 0.717) is 5.56 Å². The summed E-state index contributed by atoms with van der Waals surface area (Å²) in [6.45, 7) is 0. The molecule has 4 aromatic rings. The number of rotatable bonds is 4. The monoisotopic (exact) mass is 366 g/mol. The van der Waals surface area contributed by atoms with Crippen LogP contribution in [0.2, 0.25) is 0 Å². The SMILES string of the molecule is O=C1Nc2ccccc2C1C(C(=O)c1ccccc1)c1c[nH]c2ccccc12. The second kappa shape index (κ2) is 6.50. The number of aromatic amines is 1. The summed E-state index contributed by atoms with van der Waals surface area (Å²) < 4.78 is 0. The average Bonchev–Trinajstić information content (AvgIpc) is 3.30. The Kier molecular flexibility index (Phi) is 3.83. The molecule has 1 aliphatic heterocycles. The lowest BCUT2D eigenvalue weighted by Crippen LogP contribution is -2.26. The van der Waals surface area contributed by atoms with Crippen molar-refractivity contribution in [1.29, 1.82) is 0 Å². The van der Waals surface area contributed by atoms with Crippen LogP contribution < -0.4 is 5.32 Å². The highest BCUT2D eigenvalue weighted by Crippen LogP contribution is 2.45. The summed E-state index contributed by atoms with van der Waals surface area (Å²) >= 11 is 0. The zero-order valence-electron chi connectivity index (χ0n) is 15.1. The lowest BCUT2D eigenvalue weighted by atomic mass is 9.77. The van der Waals surface area contributed by atoms with Gasteiger partial charge >= 0.3 is 0 Å². The molecular formula is C24H18N2O2. The topological polar surface area (TPSA) is 62.0 Å². The number of carbonyl (C=O) groups is 2. The van der Waals surface area contributed by atoms with E-state index in [1.165, 1.54) is 0 Å². The molecule has 1 aliphatic rings. The highest BCUT2D eigenvalue weighted by atomic mass is 16.2. The molecule has 2 N–H and O–H groups in total. The number of hydrogen-bond donors (Lipinski definition) is 2. The molecule has 0 saturated heterocycles. The first kappa shape index (κ1) is 16.5. The summed E-state index contributed by atoms with van der Waals surface area (Å²) in [5.74, 6) is -1.37. The lowest BCUT2D eigenvalue weighted by Gasteiger charge is -2.21. The molecular weight excluding hydrogens is 348 g/mol. The Hall–Kier alpha value is -3.66. The number of Topliss-reactive ketones (excluding diaryl/α,β-unsaturated/α-hetero) is 1. The first-order valence-corrected chi connectivity index (χ1v) is 9.29. The van der Waals surface area contributed by atoms with E-state index in [4.69, 9.17) is 0 Å². The van der Waals surface area contributed by atoms with Crippen LogP contribution in [-0.2, 0) is 4.79 Å². The molecule has 28 heavy (non-hydrogen) atoms. The largest absolute Gasteiger partial charge is 0.361 e. The van der Waals surface area contributed by atoms with E-state index in [2.05, 4.69) is 10.3 Å². The van der Waals surface area contributed by atoms with E-state index in [-0.39, 0.29) is 11.7 Å². The van der Waals surface area contributed by atoms with E-state index in [1.54, 1.807) is 0 Å². The molecule has 0 saturated carbocycles. The van der Waals surface area contributed by atoms with Crippen LogP contribution in [0.4, 0.5) is 5.69 Å². The third kappa shape index (κ3) is 2.54. The molecule has 2 unspecified atom stereocenters. The molecule has 2 atom stereocenters. The number of benzene rings is 3. The summed E-state index contributed by atoms with van der Waals surface area (Å²) in [6.07, 6.45) is 1.87. The summed E-state index contributed by atoms with van der Waals surface area (Å²) in [6, 6.07) is 24.7. The fraction of sp³-hybridized carbons (Fsp3) is 0.0833. The highest BCUT2D eigenvalue weighted by Gasteiger charge is 2.42. The van der Waals surface area contributed by atoms with Gasteiger partial charge in [0.05, 0.1) is 11.8 Å². The van der Waals surface area contributed by atoms with Crippen molar-refractivity contribution in [3.63, 3.8) is 0 Å². The number of hydrogen-bond acceptors (Lipinski definition) is 2. The van der Waals surface area contributed by atoms with E-state index >= 15 is 0 Å². The van der Waals surface area contributed by atoms with Crippen molar-refractivity contribution in [1.82, 2.24) is 4.98 Å². The van der Waals surface area contributed by atoms with E-state index in [9.17, 15) is 9.59 Å². The van der Waals surface area contributed by atoms with Crippen LogP contribution in [0.5, 0.6) is 0 Å². The van der Waals surface area contributed by atoms with Crippen LogP contribution >= 0.6 is 0 Å². The van der Waals surface area contributed by atoms with Gasteiger partial charge in [0, 0.05) is 28.4 Å². The van der Waals surface area contributed by atoms with E-state index in [0.717, 1.165) is 27.7 Å². The standard InChI is InChI=1S/C24H18N2O2/c27-23(15-8-2-1-3-9-15)21(18-14-25-19-12-6-4-10-16(18)19)22-17-11-5-7-13-20(17)26-24(22)28/h1-14,21-22,25H,(H,26,28). The Morgan fingerprint density at radius 3 is 2.43 bits per heavy atom. The van der Waals surface area contributed by atoms with Crippen LogP contribution in [0.15, 0.2) is 85.1 Å². The van der Waals surface area contributed by atoms with Gasteiger partial charge in [-0.1, -0.05) is 66.7 Å². The zero-order valence-corrected chi connectivity index (χ0v) is 15.1. The van der Waals surface area contributed by atoms with Crippen LogP contribution in [0.25, 0.3) is 10.9 Å². The van der Waals surface area contributed by atoms with Gasteiger partial charge in [-0.15, -0.1) is 0 Å². The van der Waals surface area contributed by atoms with Gasteiger partial charge in [0.1, 0.15) is 0 Å². The summed E-state index contributed by atoms with van der Waals surface area (Å²) in [5.41, 5.74) is 4.06. The second-order valence-electron chi connectivity index (χ2n) is 7.05. The molecule has 5 rings (SSSR count). The first-order valence-electron chi connectivity index (χ1n) is 9.29. The Morgan fingerprint density at radius 1 is 0.857 bits per heavy atom. The molecule has 0 bridgehead atoms. The third-order valence-corrected chi connectivity index (χ3v) is 5.47. The zero-order chi connectivity index (χ0) is 19.1. The van der Waals surface area contributed by atoms with Crippen molar-refractivity contribution >= 4 is 28.3 Å². The number of fused-ring (bicyclic) bond motifs is 2. The molecule has 3 aromatic carbocycles. The van der Waals surface area contributed by atoms with Gasteiger partial charge in [-0.25, -0.2) is 0 Å². The fourth-order valence-corrected chi connectivity index (χ4v) is 4.17. The molecule has 136 valence electrons. The Balaban J connectivity index is 1.72. The highest BCUT2D eigenvalue weighted by molar-refractivity contribution is 6.12. The van der Waals surface area contributed by atoms with Crippen molar-refractivity contribution in [3.8, 4) is 0 Å². The Labute approximate surface area is 162 Å². The summed E-state index contributed by atoms with van der Waals surface area (Å²) in [7, 11) is 0. The predicted molar refractivity (Wildman–Crippen MR) is 110 cm³/mol. The van der Waals surface area contributed by atoms with Gasteiger partial charge in [0.25, 0.3) is 0 Å². The second-order valence-corrected chi connectivity index (χ2v) is 7.05. The fourth-order valence-electron chi connectivity index (χ4n) is 4.17. The lowest BCUT2D eigenvalue weighted by molar-refractivity contribution is -0.117. The molecule has 1 amide bonds. The maximum atomic E-state index is 13.6. The van der Waals surface area contributed by atoms with Crippen molar-refractivity contribution < 1.29 is 9.59 Å². The molecule has 1 aromatic heterocycles. The van der Waals surface area contributed by atoms with Gasteiger partial charge in [0.15, 0.2) is 5.78 Å². The maximum absolute atomic E-state index is 13.6. The van der Waals surface area contributed by atoms with E-state index in [1.807, 2.05) is 85.1 Å². The summed E-state index contributed by atoms with van der Waals surface area (Å²) in [5, 5.41) is 3.91. The van der Waals surface area contributed by atoms with Gasteiger partial charge in [-0.2, -0.15) is 0 Å². The third-order valence-electron chi connectivity index (χ3n) is 5.47. The maximum Gasteiger partial charge on any atom is 0.233 e. The minimum absolute atomic E-state index is 0.0535. The molecule has 2 heterocycles. The van der Waals surface area contributed by atoms with Crippen LogP contribution in [0.3, 0.4) is 0 Å². The number of nitrogens with one attached hydrogen (secondary N) is 2. The molecule has 4 nitrogen and oxygen atoms in total. The van der Waals surface area contributed by atoms with Crippen LogP contribution in [0, 0.1) is 0 Å². The van der Waals surface area contributed by atoms with Gasteiger partial charge in [-0.3, -0.25) is 9.59 Å². The average molecular weight is 366 g/mol. The number of ketones is 1. The van der Waals surface area contributed by atoms with Gasteiger partial charge in [0.2, 0.25) is 5.91 Å². The molecule has 0 spiro atoms. The number of amides is 1. The number of para-hydroxylation sites is 2. The van der Waals surface area contributed by atoms with Gasteiger partial charge < -0.3 is 10.3 Å². The molecule has 4 heteroatoms. The predicted octanol–water partition coefficient (Wildman–Crippen LogP) is 4.87. The smallest absolute Gasteiger partial charge is 0.233 e. The number of H-pyrrole nitrogens is 1. The molecule has 0 aliphatic carbocycles. The number of aromatic nitrogens is 1. The summed E-state index contributed by atoms with van der Waals surface area (Å²) in [4.78, 5) is 29.9. The van der Waals surface area contributed by atoms with Crippen molar-refractivity contribution in [3.05, 3.63) is 102 Å². The van der Waals surface area contributed by atoms with Crippen molar-refractivity contribution in [2.24, 2.45) is 0 Å². The molecule has 0 radical (unpaired) electrons. The number of carbonyl (C=O) groups excluding carboxylic acids is 2. The van der Waals surface area contributed by atoms with Gasteiger partial charge in [-0.05, 0) is 23.3 Å². The first-order chi connectivity index (χ1) is 13.7. The Bertz CT molecular complexity index is 1190. The molecule has 0 fully saturated rings. The normalized spacial score (nSPS) is 16.6. The van der Waals surface area contributed by atoms with E-state index < -0.39 is 11.8 Å². The minimum atomic E-state index is -0.609. The number of anilines is 1. The van der Waals surface area contributed by atoms with Crippen molar-refractivity contribution in [2.45, 2.75) is 11.8 Å².